The van der Waals surface area contributed by atoms with E-state index >= 15 is 0 Å². The van der Waals surface area contributed by atoms with Crippen molar-refractivity contribution < 1.29 is 0 Å². The van der Waals surface area contributed by atoms with Crippen LogP contribution in [0.3, 0.4) is 0 Å². The first kappa shape index (κ1) is 39.4. The van der Waals surface area contributed by atoms with E-state index in [2.05, 4.69) is 287 Å². The van der Waals surface area contributed by atoms with Crippen LogP contribution < -0.4 is 9.80 Å². The maximum Gasteiger partial charge on any atom is 0.0734 e. The van der Waals surface area contributed by atoms with E-state index in [9.17, 15) is 0 Å². The Morgan fingerprint density at radius 2 is 0.838 bits per heavy atom. The van der Waals surface area contributed by atoms with Gasteiger partial charge in [0.1, 0.15) is 0 Å². The van der Waals surface area contributed by atoms with Crippen molar-refractivity contribution in [3.05, 3.63) is 295 Å². The van der Waals surface area contributed by atoms with E-state index in [1.54, 1.807) is 0 Å². The summed E-state index contributed by atoms with van der Waals surface area (Å²) < 4.78 is 2.48. The maximum absolute atomic E-state index is 2.52. The molecule has 0 saturated heterocycles. The zero-order valence-corrected chi connectivity index (χ0v) is 37.3. The van der Waals surface area contributed by atoms with Crippen LogP contribution in [0, 0.1) is 0 Å². The lowest BCUT2D eigenvalue weighted by Gasteiger charge is -2.38. The minimum Gasteiger partial charge on any atom is -0.310 e. The molecule has 11 aromatic carbocycles. The molecule has 1 heterocycles. The van der Waals surface area contributed by atoms with E-state index in [1.165, 1.54) is 54.9 Å². The Kier molecular flexibility index (Phi) is 9.40. The molecule has 0 saturated carbocycles. The molecule has 0 N–H and O–H groups in total. The van der Waals surface area contributed by atoms with E-state index in [0.717, 1.165) is 50.8 Å². The quantitative estimate of drug-likeness (QED) is 0.143. The van der Waals surface area contributed by atoms with Gasteiger partial charge in [0, 0.05) is 39.1 Å². The molecule has 0 spiro atoms. The molecular weight excluding hydrogens is 823 g/mol. The zero-order valence-electron chi connectivity index (χ0n) is 37.3. The highest BCUT2D eigenvalue weighted by atomic mass is 15.2. The van der Waals surface area contributed by atoms with Crippen LogP contribution in [0.15, 0.2) is 273 Å². The van der Waals surface area contributed by atoms with Crippen molar-refractivity contribution in [2.75, 3.05) is 9.80 Å². The van der Waals surface area contributed by atoms with Gasteiger partial charge in [-0.2, -0.15) is 0 Å². The topological polar surface area (TPSA) is 11.4 Å². The summed E-state index contributed by atoms with van der Waals surface area (Å²) in [6.07, 6.45) is 0. The van der Waals surface area contributed by atoms with Gasteiger partial charge < -0.3 is 14.4 Å². The van der Waals surface area contributed by atoms with Crippen LogP contribution in [-0.4, -0.2) is 4.57 Å². The summed E-state index contributed by atoms with van der Waals surface area (Å²) >= 11 is 0. The molecular formula is C65H45N3. The molecule has 12 aromatic rings. The third-order valence-electron chi connectivity index (χ3n) is 14.0. The van der Waals surface area contributed by atoms with Crippen LogP contribution in [0.1, 0.15) is 22.3 Å². The van der Waals surface area contributed by atoms with Crippen molar-refractivity contribution in [1.82, 2.24) is 4.57 Å². The Morgan fingerprint density at radius 3 is 1.49 bits per heavy atom. The van der Waals surface area contributed by atoms with E-state index in [1.807, 2.05) is 0 Å². The molecule has 1 aromatic heterocycles. The van der Waals surface area contributed by atoms with E-state index in [-0.39, 0.29) is 0 Å². The van der Waals surface area contributed by atoms with Gasteiger partial charge in [-0.25, -0.2) is 0 Å². The van der Waals surface area contributed by atoms with Gasteiger partial charge in [0.05, 0.1) is 33.5 Å². The highest BCUT2D eigenvalue weighted by Crippen LogP contribution is 2.60. The molecule has 0 radical (unpaired) electrons. The molecule has 0 amide bonds. The number of para-hydroxylation sites is 4. The number of benzene rings is 11. The van der Waals surface area contributed by atoms with Crippen molar-refractivity contribution in [3.63, 3.8) is 0 Å². The van der Waals surface area contributed by atoms with E-state index in [0.29, 0.717) is 0 Å². The van der Waals surface area contributed by atoms with Gasteiger partial charge in [0.25, 0.3) is 0 Å². The van der Waals surface area contributed by atoms with Gasteiger partial charge in [-0.1, -0.05) is 200 Å². The summed E-state index contributed by atoms with van der Waals surface area (Å²) in [4.78, 5) is 4.96. The molecule has 0 atom stereocenters. The van der Waals surface area contributed by atoms with E-state index in [4.69, 9.17) is 0 Å². The summed E-state index contributed by atoms with van der Waals surface area (Å²) in [6.45, 7) is 0. The zero-order chi connectivity index (χ0) is 45.0. The summed E-state index contributed by atoms with van der Waals surface area (Å²) in [5.41, 5.74) is 16.7. The molecule has 68 heavy (non-hydrogen) atoms. The van der Waals surface area contributed by atoms with Gasteiger partial charge in [-0.3, -0.25) is 0 Å². The third kappa shape index (κ3) is 6.13. The molecule has 0 bridgehead atoms. The van der Waals surface area contributed by atoms with Gasteiger partial charge in [-0.15, -0.1) is 0 Å². The average Bonchev–Trinajstić information content (AvgIpc) is 3.92. The molecule has 1 aliphatic rings. The molecule has 3 heteroatoms. The van der Waals surface area contributed by atoms with Gasteiger partial charge in [0.2, 0.25) is 0 Å². The molecule has 0 fully saturated rings. The number of anilines is 6. The number of fused-ring (bicyclic) bond motifs is 7. The van der Waals surface area contributed by atoms with Crippen LogP contribution in [0.2, 0.25) is 0 Å². The number of nitrogens with zero attached hydrogens (tertiary/aromatic N) is 3. The van der Waals surface area contributed by atoms with Crippen molar-refractivity contribution in [1.29, 1.82) is 0 Å². The highest BCUT2D eigenvalue weighted by molar-refractivity contribution is 6.18. The summed E-state index contributed by atoms with van der Waals surface area (Å²) in [6, 6.07) is 100. The first-order valence-electron chi connectivity index (χ1n) is 23.4. The first-order chi connectivity index (χ1) is 33.8. The molecule has 0 unspecified atom stereocenters. The fourth-order valence-electron chi connectivity index (χ4n) is 11.2. The van der Waals surface area contributed by atoms with Crippen molar-refractivity contribution >= 4 is 66.7 Å². The monoisotopic (exact) mass is 867 g/mol. The molecule has 3 nitrogen and oxygen atoms in total. The Labute approximate surface area is 396 Å². The van der Waals surface area contributed by atoms with Gasteiger partial charge in [0.15, 0.2) is 0 Å². The van der Waals surface area contributed by atoms with Crippen LogP contribution in [0.4, 0.5) is 34.1 Å². The lowest BCUT2D eigenvalue weighted by atomic mass is 9.67. The average molecular weight is 868 g/mol. The second kappa shape index (κ2) is 16.2. The van der Waals surface area contributed by atoms with Crippen LogP contribution in [0.5, 0.6) is 0 Å². The minimum atomic E-state index is -0.634. The predicted molar refractivity (Wildman–Crippen MR) is 285 cm³/mol. The lowest BCUT2D eigenvalue weighted by Crippen LogP contribution is -2.30. The lowest BCUT2D eigenvalue weighted by molar-refractivity contribution is 0.768. The van der Waals surface area contributed by atoms with Gasteiger partial charge >= 0.3 is 0 Å². The summed E-state index contributed by atoms with van der Waals surface area (Å²) in [7, 11) is 0. The predicted octanol–water partition coefficient (Wildman–Crippen LogP) is 17.2. The Hall–Kier alpha value is -8.92. The van der Waals surface area contributed by atoms with Crippen LogP contribution in [-0.2, 0) is 5.41 Å². The van der Waals surface area contributed by atoms with Gasteiger partial charge in [-0.05, 0) is 111 Å². The Balaban J connectivity index is 1.19. The Morgan fingerprint density at radius 1 is 0.324 bits per heavy atom. The number of rotatable bonds is 9. The van der Waals surface area contributed by atoms with Crippen molar-refractivity contribution in [2.24, 2.45) is 0 Å². The maximum atomic E-state index is 2.52. The fourth-order valence-corrected chi connectivity index (χ4v) is 11.2. The molecule has 1 aliphatic carbocycles. The molecule has 0 aliphatic heterocycles. The third-order valence-corrected chi connectivity index (χ3v) is 14.0. The smallest absolute Gasteiger partial charge is 0.0734 e. The summed E-state index contributed by atoms with van der Waals surface area (Å²) in [5, 5.41) is 4.77. The summed E-state index contributed by atoms with van der Waals surface area (Å²) in [5.74, 6) is 0. The van der Waals surface area contributed by atoms with Crippen LogP contribution in [0.25, 0.3) is 49.4 Å². The van der Waals surface area contributed by atoms with Crippen molar-refractivity contribution in [2.45, 2.75) is 5.41 Å². The first-order valence-corrected chi connectivity index (χ1v) is 23.4. The minimum absolute atomic E-state index is 0.634. The Bertz CT molecular complexity index is 3710. The SMILES string of the molecule is c1ccc(N(c2cc(N(c3ccccc3)c3ccccc3)c3c4ccccc4n(-c4ccc5ccccc5c4)c3c2)c2cccc3c2C(c2ccccc2)(c2ccccc2)c2ccccc2-3)cc1. The largest absolute Gasteiger partial charge is 0.310 e. The number of hydrogen-bond donors (Lipinski definition) is 0. The normalized spacial score (nSPS) is 12.5. The van der Waals surface area contributed by atoms with Crippen molar-refractivity contribution in [3.8, 4) is 16.8 Å². The second-order valence-corrected chi connectivity index (χ2v) is 17.6. The molecule has 320 valence electrons. The highest BCUT2D eigenvalue weighted by Gasteiger charge is 2.48. The molecule has 13 rings (SSSR count). The van der Waals surface area contributed by atoms with E-state index < -0.39 is 5.41 Å². The fraction of sp³-hybridized carbons (Fsp3) is 0.0154. The number of aromatic nitrogens is 1. The number of hydrogen-bond acceptors (Lipinski definition) is 2. The standard InChI is InChI=1S/C65H45N3/c1-6-25-48(26-7-1)65(49-27-8-2-9-28-49)58-38-20-18-35-55(58)56-37-22-40-60(64(56)65)67(52-33-14-5-15-34-52)54-44-61(66(50-29-10-3-11-30-50)51-31-12-4-13-32-51)63-57-36-19-21-39-59(57)68(62(63)45-54)53-42-41-46-23-16-17-24-47(46)43-53/h1-45H. The second-order valence-electron chi connectivity index (χ2n) is 17.6. The van der Waals surface area contributed by atoms with Crippen LogP contribution >= 0.6 is 0 Å².